The number of carbonyl (C=O) groups is 3. The summed E-state index contributed by atoms with van der Waals surface area (Å²) in [4.78, 5) is 36.9. The lowest BCUT2D eigenvalue weighted by molar-refractivity contribution is -0.199. The van der Waals surface area contributed by atoms with Crippen molar-refractivity contribution in [2.24, 2.45) is 23.7 Å². The Hall–Kier alpha value is -3.49. The normalized spacial score (nSPS) is 31.7. The standard InChI is InChI=1S/C39H53NO7/c1-8-34-25(3)15-18-35(47-34)26(4)20-24(2)14-16-32-27(5)33(32)17-19-36-39(45-29(7)42)37(44-28(6)41)21-31(46-36)22-38(43)40-23-30-12-10-9-11-13-30/h9-17,19-20,24,27,31-37,39H,8,18,21-23H2,1-7H3,(H,40,43)/b16-14+,19-17+,26-20+/t24-,27-,31+,32+,33+,34-,35-,36+,37+,39+/m1/s1. The fourth-order valence-corrected chi connectivity index (χ4v) is 6.73. The van der Waals surface area contributed by atoms with Gasteiger partial charge in [-0.3, -0.25) is 14.4 Å². The van der Waals surface area contributed by atoms with Gasteiger partial charge in [0.15, 0.2) is 6.10 Å². The van der Waals surface area contributed by atoms with Gasteiger partial charge in [0.2, 0.25) is 5.91 Å². The Bertz CT molecular complexity index is 1350. The maximum absolute atomic E-state index is 12.8. The van der Waals surface area contributed by atoms with Gasteiger partial charge in [-0.2, -0.15) is 0 Å². The van der Waals surface area contributed by atoms with Crippen molar-refractivity contribution in [3.8, 4) is 0 Å². The van der Waals surface area contributed by atoms with Gasteiger partial charge in [-0.25, -0.2) is 0 Å². The fourth-order valence-electron chi connectivity index (χ4n) is 6.73. The number of hydrogen-bond donors (Lipinski definition) is 1. The van der Waals surface area contributed by atoms with Gasteiger partial charge in [0.1, 0.15) is 12.2 Å². The first-order valence-corrected chi connectivity index (χ1v) is 17.1. The van der Waals surface area contributed by atoms with Crippen molar-refractivity contribution in [2.45, 2.75) is 117 Å². The minimum atomic E-state index is -0.805. The zero-order valence-electron chi connectivity index (χ0n) is 29.0. The molecule has 1 saturated carbocycles. The number of amides is 1. The molecule has 2 aliphatic heterocycles. The van der Waals surface area contributed by atoms with Gasteiger partial charge in [-0.05, 0) is 67.1 Å². The minimum absolute atomic E-state index is 0.0959. The van der Waals surface area contributed by atoms with Crippen LogP contribution in [0.4, 0.5) is 0 Å². The summed E-state index contributed by atoms with van der Waals surface area (Å²) < 4.78 is 23.9. The van der Waals surface area contributed by atoms with E-state index in [0.29, 0.717) is 24.3 Å². The molecule has 0 spiro atoms. The summed E-state index contributed by atoms with van der Waals surface area (Å²) in [5, 5.41) is 2.94. The van der Waals surface area contributed by atoms with E-state index in [1.165, 1.54) is 25.0 Å². The molecule has 3 aliphatic rings. The second-order valence-corrected chi connectivity index (χ2v) is 13.4. The molecule has 2 fully saturated rings. The first-order chi connectivity index (χ1) is 22.4. The van der Waals surface area contributed by atoms with E-state index in [0.717, 1.165) is 18.4 Å². The number of ether oxygens (including phenoxy) is 4. The SMILES string of the molecule is CC[C@H]1O[C@@H](/C(C)=C/[C@H](C)/C=C/[C@H]2[C@@H](C)[C@@H]2/C=C/[C@@H]2O[C@H](CC(=O)NCc3ccccc3)C[C@H](OC(C)=O)[C@H]2OC(C)=O)CC=C1C. The predicted molar refractivity (Wildman–Crippen MR) is 182 cm³/mol. The third-order valence-electron chi connectivity index (χ3n) is 9.47. The summed E-state index contributed by atoms with van der Waals surface area (Å²) in [5.41, 5.74) is 3.59. The Kier molecular flexibility index (Phi) is 13.2. The minimum Gasteiger partial charge on any atom is -0.458 e. The monoisotopic (exact) mass is 647 g/mol. The van der Waals surface area contributed by atoms with Gasteiger partial charge < -0.3 is 24.3 Å². The summed E-state index contributed by atoms with van der Waals surface area (Å²) in [6.07, 6.45) is 13.1. The smallest absolute Gasteiger partial charge is 0.303 e. The maximum atomic E-state index is 12.8. The highest BCUT2D eigenvalue weighted by Crippen LogP contribution is 2.48. The van der Waals surface area contributed by atoms with Crippen LogP contribution in [0.1, 0.15) is 79.7 Å². The van der Waals surface area contributed by atoms with Crippen molar-refractivity contribution in [3.63, 3.8) is 0 Å². The van der Waals surface area contributed by atoms with Crippen LogP contribution in [0.25, 0.3) is 0 Å². The highest BCUT2D eigenvalue weighted by molar-refractivity contribution is 5.76. The molecular weight excluding hydrogens is 594 g/mol. The Morgan fingerprint density at radius 3 is 2.38 bits per heavy atom. The molecule has 0 bridgehead atoms. The zero-order chi connectivity index (χ0) is 34.1. The number of rotatable bonds is 13. The lowest BCUT2D eigenvalue weighted by Gasteiger charge is -2.39. The summed E-state index contributed by atoms with van der Waals surface area (Å²) in [7, 11) is 0. The van der Waals surface area contributed by atoms with Crippen LogP contribution in [0.15, 0.2) is 77.9 Å². The van der Waals surface area contributed by atoms with Crippen LogP contribution in [-0.4, -0.2) is 54.5 Å². The zero-order valence-corrected chi connectivity index (χ0v) is 29.0. The lowest BCUT2D eigenvalue weighted by atomic mass is 9.94. The van der Waals surface area contributed by atoms with E-state index in [2.05, 4.69) is 70.3 Å². The molecule has 1 amide bonds. The van der Waals surface area contributed by atoms with Crippen LogP contribution >= 0.6 is 0 Å². The molecular formula is C39H53NO7. The van der Waals surface area contributed by atoms with Crippen LogP contribution in [0, 0.1) is 23.7 Å². The third kappa shape index (κ3) is 10.8. The predicted octanol–water partition coefficient (Wildman–Crippen LogP) is 6.80. The summed E-state index contributed by atoms with van der Waals surface area (Å²) in [6, 6.07) is 9.68. The van der Waals surface area contributed by atoms with E-state index in [9.17, 15) is 14.4 Å². The molecule has 47 heavy (non-hydrogen) atoms. The van der Waals surface area contributed by atoms with Gasteiger partial charge in [-0.1, -0.05) is 87.6 Å². The maximum Gasteiger partial charge on any atom is 0.303 e. The van der Waals surface area contributed by atoms with Gasteiger partial charge in [0, 0.05) is 26.8 Å². The van der Waals surface area contributed by atoms with Gasteiger partial charge in [0.05, 0.1) is 24.7 Å². The molecule has 1 aromatic carbocycles. The van der Waals surface area contributed by atoms with Crippen LogP contribution in [0.2, 0.25) is 0 Å². The first kappa shape index (κ1) is 36.3. The van der Waals surface area contributed by atoms with E-state index >= 15 is 0 Å². The van der Waals surface area contributed by atoms with Crippen LogP contribution in [-0.2, 0) is 39.9 Å². The topological polar surface area (TPSA) is 100 Å². The summed E-state index contributed by atoms with van der Waals surface area (Å²) >= 11 is 0. The number of nitrogens with one attached hydrogen (secondary N) is 1. The average molecular weight is 648 g/mol. The van der Waals surface area contributed by atoms with Gasteiger partial charge >= 0.3 is 11.9 Å². The van der Waals surface area contributed by atoms with Crippen molar-refractivity contribution in [3.05, 3.63) is 83.5 Å². The lowest BCUT2D eigenvalue weighted by Crippen LogP contribution is -2.51. The fraction of sp³-hybridized carbons (Fsp3) is 0.564. The summed E-state index contributed by atoms with van der Waals surface area (Å²) in [6.45, 7) is 14.0. The Morgan fingerprint density at radius 2 is 1.70 bits per heavy atom. The molecule has 1 aromatic rings. The highest BCUT2D eigenvalue weighted by Gasteiger charge is 2.45. The van der Waals surface area contributed by atoms with Crippen molar-refractivity contribution < 1.29 is 33.3 Å². The second-order valence-electron chi connectivity index (χ2n) is 13.4. The van der Waals surface area contributed by atoms with Crippen molar-refractivity contribution in [1.82, 2.24) is 5.32 Å². The van der Waals surface area contributed by atoms with E-state index in [-0.39, 0.29) is 36.9 Å². The largest absolute Gasteiger partial charge is 0.458 e. The van der Waals surface area contributed by atoms with Crippen LogP contribution < -0.4 is 5.32 Å². The Morgan fingerprint density at radius 1 is 1.00 bits per heavy atom. The molecule has 8 nitrogen and oxygen atoms in total. The Balaban J connectivity index is 1.39. The number of benzene rings is 1. The molecule has 1 aliphatic carbocycles. The number of hydrogen-bond acceptors (Lipinski definition) is 7. The Labute approximate surface area is 280 Å². The van der Waals surface area contributed by atoms with Gasteiger partial charge in [-0.15, -0.1) is 0 Å². The number of allylic oxidation sites excluding steroid dienone is 4. The average Bonchev–Trinajstić information content (AvgIpc) is 3.66. The van der Waals surface area contributed by atoms with Crippen LogP contribution in [0.3, 0.4) is 0 Å². The number of esters is 2. The molecule has 2 heterocycles. The summed E-state index contributed by atoms with van der Waals surface area (Å²) in [5.74, 6) is 0.266. The molecule has 0 unspecified atom stereocenters. The van der Waals surface area contributed by atoms with Gasteiger partial charge in [0.25, 0.3) is 0 Å². The molecule has 8 heteroatoms. The van der Waals surface area contributed by atoms with Crippen LogP contribution in [0.5, 0.6) is 0 Å². The highest BCUT2D eigenvalue weighted by atomic mass is 16.6. The second kappa shape index (κ2) is 17.1. The molecule has 0 aromatic heterocycles. The van der Waals surface area contributed by atoms with E-state index in [1.54, 1.807) is 0 Å². The number of carbonyl (C=O) groups excluding carboxylic acids is 3. The molecule has 0 radical (unpaired) electrons. The van der Waals surface area contributed by atoms with Crippen molar-refractivity contribution in [2.75, 3.05) is 0 Å². The molecule has 10 atom stereocenters. The molecule has 4 rings (SSSR count). The molecule has 256 valence electrons. The van der Waals surface area contributed by atoms with E-state index in [1.807, 2.05) is 36.4 Å². The quantitative estimate of drug-likeness (QED) is 0.186. The third-order valence-corrected chi connectivity index (χ3v) is 9.47. The van der Waals surface area contributed by atoms with Crippen molar-refractivity contribution >= 4 is 17.8 Å². The molecule has 1 N–H and O–H groups in total. The van der Waals surface area contributed by atoms with E-state index < -0.39 is 36.4 Å². The van der Waals surface area contributed by atoms with Crippen molar-refractivity contribution in [1.29, 1.82) is 0 Å². The first-order valence-electron chi connectivity index (χ1n) is 17.1. The molecule has 1 saturated heterocycles. The van der Waals surface area contributed by atoms with E-state index in [4.69, 9.17) is 18.9 Å².